The van der Waals surface area contributed by atoms with Crippen molar-refractivity contribution in [3.05, 3.63) is 29.8 Å². The van der Waals surface area contributed by atoms with Gasteiger partial charge >= 0.3 is 12.1 Å². The number of benzene rings is 1. The number of likely N-dealkylation sites (tertiary alicyclic amines) is 1. The van der Waals surface area contributed by atoms with Crippen LogP contribution in [0.3, 0.4) is 0 Å². The van der Waals surface area contributed by atoms with Crippen LogP contribution in [0.5, 0.6) is 5.75 Å². The molecule has 1 heterocycles. The third kappa shape index (κ3) is 6.02. The van der Waals surface area contributed by atoms with Gasteiger partial charge in [-0.2, -0.15) is 0 Å². The van der Waals surface area contributed by atoms with Crippen LogP contribution in [0.4, 0.5) is 9.59 Å². The molecule has 0 spiro atoms. The van der Waals surface area contributed by atoms with E-state index in [2.05, 4.69) is 10.6 Å². The maximum atomic E-state index is 12.6. The van der Waals surface area contributed by atoms with Crippen molar-refractivity contribution in [1.82, 2.24) is 20.4 Å². The van der Waals surface area contributed by atoms with Gasteiger partial charge in [-0.1, -0.05) is 12.1 Å². The van der Waals surface area contributed by atoms with Gasteiger partial charge in [0.15, 0.2) is 0 Å². The number of phenols is 1. The van der Waals surface area contributed by atoms with Crippen molar-refractivity contribution >= 4 is 12.1 Å². The first-order valence-corrected chi connectivity index (χ1v) is 9.49. The lowest BCUT2D eigenvalue weighted by Crippen LogP contribution is -2.52. The Kier molecular flexibility index (Phi) is 7.72. The molecule has 27 heavy (non-hydrogen) atoms. The Balaban J connectivity index is 1.84. The Labute approximate surface area is 160 Å². The van der Waals surface area contributed by atoms with Crippen LogP contribution in [0, 0.1) is 0 Å². The topological polar surface area (TPSA) is 105 Å². The molecule has 1 fully saturated rings. The zero-order valence-electron chi connectivity index (χ0n) is 16.0. The molecule has 8 heteroatoms. The quantitative estimate of drug-likeness (QED) is 0.604. The van der Waals surface area contributed by atoms with Crippen LogP contribution in [0.25, 0.3) is 0 Å². The molecule has 4 amide bonds. The first kappa shape index (κ1) is 20.8. The molecule has 1 aliphatic heterocycles. The largest absolute Gasteiger partial charge is 0.508 e. The van der Waals surface area contributed by atoms with E-state index in [4.69, 9.17) is 0 Å². The van der Waals surface area contributed by atoms with Gasteiger partial charge in [0.1, 0.15) is 5.75 Å². The SMILES string of the molecule is CCNC(=O)N1CCC(NC(=O)N(CC)C[C@H](O)c2cccc(O)c2)CC1. The monoisotopic (exact) mass is 378 g/mol. The molecular formula is C19H30N4O4. The lowest BCUT2D eigenvalue weighted by Gasteiger charge is -2.34. The van der Waals surface area contributed by atoms with Crippen molar-refractivity contribution in [2.24, 2.45) is 0 Å². The second kappa shape index (κ2) is 10.0. The zero-order chi connectivity index (χ0) is 19.8. The highest BCUT2D eigenvalue weighted by Gasteiger charge is 2.25. The second-order valence-corrected chi connectivity index (χ2v) is 6.70. The molecule has 1 aliphatic rings. The van der Waals surface area contributed by atoms with Gasteiger partial charge in [0.05, 0.1) is 12.6 Å². The summed E-state index contributed by atoms with van der Waals surface area (Å²) in [5, 5.41) is 25.7. The van der Waals surface area contributed by atoms with Gasteiger partial charge in [-0.15, -0.1) is 0 Å². The van der Waals surface area contributed by atoms with Crippen LogP contribution >= 0.6 is 0 Å². The van der Waals surface area contributed by atoms with E-state index in [0.29, 0.717) is 44.6 Å². The molecule has 0 bridgehead atoms. The number of piperidine rings is 1. The van der Waals surface area contributed by atoms with E-state index in [1.165, 1.54) is 12.1 Å². The summed E-state index contributed by atoms with van der Waals surface area (Å²) in [4.78, 5) is 27.7. The maximum Gasteiger partial charge on any atom is 0.317 e. The molecule has 4 N–H and O–H groups in total. The van der Waals surface area contributed by atoms with Crippen LogP contribution in [0.1, 0.15) is 38.4 Å². The van der Waals surface area contributed by atoms with Crippen molar-refractivity contribution in [2.45, 2.75) is 38.8 Å². The Morgan fingerprint density at radius 3 is 2.59 bits per heavy atom. The molecule has 0 unspecified atom stereocenters. The van der Waals surface area contributed by atoms with Crippen molar-refractivity contribution in [1.29, 1.82) is 0 Å². The number of phenolic OH excluding ortho intramolecular Hbond substituents is 1. The number of aromatic hydroxyl groups is 1. The molecule has 1 aromatic carbocycles. The standard InChI is InChI=1S/C19H30N4O4/c1-3-20-18(26)23-10-8-15(9-11-23)21-19(27)22(4-2)13-17(25)14-6-5-7-16(24)12-14/h5-7,12,15,17,24-25H,3-4,8-11,13H2,1-2H3,(H,20,26)(H,21,27)/t17-/m0/s1. The summed E-state index contributed by atoms with van der Waals surface area (Å²) >= 11 is 0. The van der Waals surface area contributed by atoms with E-state index in [1.807, 2.05) is 13.8 Å². The first-order chi connectivity index (χ1) is 12.9. The smallest absolute Gasteiger partial charge is 0.317 e. The number of carbonyl (C=O) groups excluding carboxylic acids is 2. The van der Waals surface area contributed by atoms with Crippen molar-refractivity contribution in [3.63, 3.8) is 0 Å². The number of nitrogens with one attached hydrogen (secondary N) is 2. The molecule has 150 valence electrons. The van der Waals surface area contributed by atoms with Crippen LogP contribution in [0.15, 0.2) is 24.3 Å². The molecule has 1 saturated heterocycles. The van der Waals surface area contributed by atoms with Crippen LogP contribution in [-0.2, 0) is 0 Å². The number of aliphatic hydroxyl groups excluding tert-OH is 1. The van der Waals surface area contributed by atoms with Gasteiger partial charge in [0, 0.05) is 32.2 Å². The number of nitrogens with zero attached hydrogens (tertiary/aromatic N) is 2. The number of carbonyl (C=O) groups is 2. The van der Waals surface area contributed by atoms with E-state index in [1.54, 1.807) is 21.9 Å². The molecule has 0 aliphatic carbocycles. The minimum absolute atomic E-state index is 0.00939. The number of hydrogen-bond acceptors (Lipinski definition) is 4. The van der Waals surface area contributed by atoms with E-state index >= 15 is 0 Å². The van der Waals surface area contributed by atoms with Gasteiger partial charge in [-0.3, -0.25) is 0 Å². The lowest BCUT2D eigenvalue weighted by atomic mass is 10.1. The van der Waals surface area contributed by atoms with Gasteiger partial charge in [0.25, 0.3) is 0 Å². The summed E-state index contributed by atoms with van der Waals surface area (Å²) < 4.78 is 0. The van der Waals surface area contributed by atoms with Gasteiger partial charge in [0.2, 0.25) is 0 Å². The predicted octanol–water partition coefficient (Wildman–Crippen LogP) is 1.65. The first-order valence-electron chi connectivity index (χ1n) is 9.49. The molecule has 8 nitrogen and oxygen atoms in total. The fourth-order valence-corrected chi connectivity index (χ4v) is 3.16. The molecule has 2 rings (SSSR count). The average Bonchev–Trinajstić information content (AvgIpc) is 2.66. The summed E-state index contributed by atoms with van der Waals surface area (Å²) in [5.41, 5.74) is 0.566. The Bertz CT molecular complexity index is 632. The summed E-state index contributed by atoms with van der Waals surface area (Å²) in [6.07, 6.45) is 0.535. The van der Waals surface area contributed by atoms with Crippen LogP contribution in [-0.4, -0.2) is 70.8 Å². The van der Waals surface area contributed by atoms with Crippen molar-refractivity contribution in [3.8, 4) is 5.75 Å². The van der Waals surface area contributed by atoms with E-state index in [9.17, 15) is 19.8 Å². The van der Waals surface area contributed by atoms with Gasteiger partial charge < -0.3 is 30.6 Å². The highest BCUT2D eigenvalue weighted by Crippen LogP contribution is 2.19. The summed E-state index contributed by atoms with van der Waals surface area (Å²) in [7, 11) is 0. The number of hydrogen-bond donors (Lipinski definition) is 4. The van der Waals surface area contributed by atoms with Crippen LogP contribution < -0.4 is 10.6 Å². The normalized spacial score (nSPS) is 15.9. The average molecular weight is 378 g/mol. The highest BCUT2D eigenvalue weighted by molar-refractivity contribution is 5.75. The highest BCUT2D eigenvalue weighted by atomic mass is 16.3. The number of urea groups is 2. The van der Waals surface area contributed by atoms with Gasteiger partial charge in [-0.25, -0.2) is 9.59 Å². The molecule has 1 aromatic rings. The van der Waals surface area contributed by atoms with Gasteiger partial charge in [-0.05, 0) is 44.4 Å². The number of rotatable bonds is 6. The lowest BCUT2D eigenvalue weighted by molar-refractivity contribution is 0.119. The Morgan fingerprint density at radius 1 is 1.30 bits per heavy atom. The fraction of sp³-hybridized carbons (Fsp3) is 0.579. The Morgan fingerprint density at radius 2 is 2.00 bits per heavy atom. The van der Waals surface area contributed by atoms with Crippen molar-refractivity contribution in [2.75, 3.05) is 32.7 Å². The molecule has 0 aromatic heterocycles. The second-order valence-electron chi connectivity index (χ2n) is 6.70. The number of aliphatic hydroxyl groups is 1. The van der Waals surface area contributed by atoms with E-state index in [0.717, 1.165) is 0 Å². The number of amides is 4. The number of likely N-dealkylation sites (N-methyl/N-ethyl adjacent to an activating group) is 1. The maximum absolute atomic E-state index is 12.6. The zero-order valence-corrected chi connectivity index (χ0v) is 16.0. The molecular weight excluding hydrogens is 348 g/mol. The van der Waals surface area contributed by atoms with E-state index < -0.39 is 6.10 Å². The molecule has 0 saturated carbocycles. The fourth-order valence-electron chi connectivity index (χ4n) is 3.16. The van der Waals surface area contributed by atoms with E-state index in [-0.39, 0.29) is 30.4 Å². The summed E-state index contributed by atoms with van der Waals surface area (Å²) in [5.74, 6) is 0.0814. The summed E-state index contributed by atoms with van der Waals surface area (Å²) in [6.45, 7) is 6.15. The summed E-state index contributed by atoms with van der Waals surface area (Å²) in [6, 6.07) is 6.12. The minimum Gasteiger partial charge on any atom is -0.508 e. The third-order valence-corrected chi connectivity index (χ3v) is 4.76. The minimum atomic E-state index is -0.873. The van der Waals surface area contributed by atoms with Crippen LogP contribution in [0.2, 0.25) is 0 Å². The van der Waals surface area contributed by atoms with Crippen molar-refractivity contribution < 1.29 is 19.8 Å². The third-order valence-electron chi connectivity index (χ3n) is 4.76. The Hall–Kier alpha value is -2.48. The molecule has 0 radical (unpaired) electrons. The molecule has 1 atom stereocenters. The predicted molar refractivity (Wildman–Crippen MR) is 103 cm³/mol.